The highest BCUT2D eigenvalue weighted by Crippen LogP contribution is 2.21. The third-order valence-corrected chi connectivity index (χ3v) is 5.10. The number of hydrogen-bond acceptors (Lipinski definition) is 5. The van der Waals surface area contributed by atoms with Crippen LogP contribution in [0, 0.1) is 5.82 Å². The number of guanidine groups is 1. The minimum Gasteiger partial charge on any atom is -0.496 e. The molecule has 0 amide bonds. The zero-order valence-corrected chi connectivity index (χ0v) is 20.3. The SMILES string of the molecule is CN=C(NCc1ccc(OC)c(C(=O)OC)c1)N1CCN(c2ccc(F)cc2)CC1.I. The Kier molecular flexibility index (Phi) is 9.35. The van der Waals surface area contributed by atoms with Gasteiger partial charge in [0.1, 0.15) is 17.1 Å². The summed E-state index contributed by atoms with van der Waals surface area (Å²) in [4.78, 5) is 20.8. The van der Waals surface area contributed by atoms with Crippen LogP contribution in [0.4, 0.5) is 10.1 Å². The summed E-state index contributed by atoms with van der Waals surface area (Å²) in [7, 11) is 4.62. The highest BCUT2D eigenvalue weighted by Gasteiger charge is 2.20. The van der Waals surface area contributed by atoms with Crippen molar-refractivity contribution >= 4 is 41.6 Å². The largest absolute Gasteiger partial charge is 0.496 e. The number of carbonyl (C=O) groups is 1. The molecule has 3 rings (SSSR count). The summed E-state index contributed by atoms with van der Waals surface area (Å²) in [5, 5.41) is 3.35. The van der Waals surface area contributed by atoms with Crippen molar-refractivity contribution in [3.63, 3.8) is 0 Å². The molecule has 0 spiro atoms. The molecule has 168 valence electrons. The second kappa shape index (κ2) is 11.7. The average Bonchev–Trinajstić information content (AvgIpc) is 2.79. The number of nitrogens with one attached hydrogen (secondary N) is 1. The Labute approximate surface area is 199 Å². The molecule has 0 atom stereocenters. The van der Waals surface area contributed by atoms with E-state index in [1.165, 1.54) is 26.4 Å². The predicted octanol–water partition coefficient (Wildman–Crippen LogP) is 3.14. The second-order valence-electron chi connectivity index (χ2n) is 6.88. The molecule has 0 unspecified atom stereocenters. The lowest BCUT2D eigenvalue weighted by Crippen LogP contribution is -2.52. The normalized spacial score (nSPS) is 14.0. The highest BCUT2D eigenvalue weighted by molar-refractivity contribution is 14.0. The molecule has 1 aliphatic heterocycles. The molecule has 7 nitrogen and oxygen atoms in total. The first-order valence-corrected chi connectivity index (χ1v) is 9.77. The Balaban J connectivity index is 0.00000341. The van der Waals surface area contributed by atoms with Crippen molar-refractivity contribution in [1.82, 2.24) is 10.2 Å². The summed E-state index contributed by atoms with van der Waals surface area (Å²) in [6, 6.07) is 12.0. The number of benzene rings is 2. The van der Waals surface area contributed by atoms with Gasteiger partial charge in [-0.2, -0.15) is 0 Å². The fraction of sp³-hybridized carbons (Fsp3) is 0.364. The number of ether oxygens (including phenoxy) is 2. The molecule has 0 aromatic heterocycles. The predicted molar refractivity (Wildman–Crippen MR) is 130 cm³/mol. The van der Waals surface area contributed by atoms with E-state index in [2.05, 4.69) is 20.1 Å². The van der Waals surface area contributed by atoms with E-state index in [0.717, 1.165) is 43.4 Å². The van der Waals surface area contributed by atoms with Crippen molar-refractivity contribution in [2.24, 2.45) is 4.99 Å². The number of piperazine rings is 1. The summed E-state index contributed by atoms with van der Waals surface area (Å²) < 4.78 is 23.2. The zero-order valence-electron chi connectivity index (χ0n) is 17.9. The number of nitrogens with zero attached hydrogens (tertiary/aromatic N) is 3. The van der Waals surface area contributed by atoms with E-state index in [1.807, 2.05) is 6.07 Å². The van der Waals surface area contributed by atoms with Crippen molar-refractivity contribution in [2.75, 3.05) is 52.3 Å². The van der Waals surface area contributed by atoms with E-state index in [-0.39, 0.29) is 29.8 Å². The van der Waals surface area contributed by atoms with Gasteiger partial charge in [-0.15, -0.1) is 24.0 Å². The summed E-state index contributed by atoms with van der Waals surface area (Å²) in [6.45, 7) is 3.75. The van der Waals surface area contributed by atoms with Crippen molar-refractivity contribution in [2.45, 2.75) is 6.54 Å². The number of anilines is 1. The topological polar surface area (TPSA) is 66.4 Å². The molecule has 1 fully saturated rings. The van der Waals surface area contributed by atoms with Crippen LogP contribution in [-0.4, -0.2) is 64.3 Å². The summed E-state index contributed by atoms with van der Waals surface area (Å²) in [5.74, 6) is 0.613. The van der Waals surface area contributed by atoms with Crippen LogP contribution in [0.2, 0.25) is 0 Å². The summed E-state index contributed by atoms with van der Waals surface area (Å²) in [5.41, 5.74) is 2.33. The number of aliphatic imine (C=N–C) groups is 1. The lowest BCUT2D eigenvalue weighted by atomic mass is 10.1. The molecule has 1 saturated heterocycles. The van der Waals surface area contributed by atoms with Gasteiger partial charge in [-0.05, 0) is 42.0 Å². The van der Waals surface area contributed by atoms with Crippen LogP contribution in [0.5, 0.6) is 5.75 Å². The van der Waals surface area contributed by atoms with E-state index in [4.69, 9.17) is 9.47 Å². The zero-order chi connectivity index (χ0) is 21.5. The van der Waals surface area contributed by atoms with E-state index in [1.54, 1.807) is 31.3 Å². The van der Waals surface area contributed by atoms with Gasteiger partial charge < -0.3 is 24.6 Å². The minimum absolute atomic E-state index is 0. The molecule has 0 bridgehead atoms. The maximum atomic E-state index is 13.1. The van der Waals surface area contributed by atoms with E-state index in [0.29, 0.717) is 17.9 Å². The lowest BCUT2D eigenvalue weighted by Gasteiger charge is -2.37. The first-order valence-electron chi connectivity index (χ1n) is 9.77. The number of carbonyl (C=O) groups excluding carboxylic acids is 1. The van der Waals surface area contributed by atoms with Crippen molar-refractivity contribution < 1.29 is 18.7 Å². The lowest BCUT2D eigenvalue weighted by molar-refractivity contribution is 0.0597. The van der Waals surface area contributed by atoms with Gasteiger partial charge in [-0.25, -0.2) is 9.18 Å². The molecular formula is C22H28FIN4O3. The molecule has 1 heterocycles. The highest BCUT2D eigenvalue weighted by atomic mass is 127. The summed E-state index contributed by atoms with van der Waals surface area (Å²) in [6.07, 6.45) is 0. The van der Waals surface area contributed by atoms with Crippen LogP contribution < -0.4 is 15.0 Å². The molecule has 9 heteroatoms. The van der Waals surface area contributed by atoms with Gasteiger partial charge in [0.05, 0.1) is 14.2 Å². The Bertz CT molecular complexity index is 900. The number of methoxy groups -OCH3 is 2. The number of rotatable bonds is 5. The third-order valence-electron chi connectivity index (χ3n) is 5.10. The fourth-order valence-corrected chi connectivity index (χ4v) is 3.48. The van der Waals surface area contributed by atoms with Crippen LogP contribution in [0.25, 0.3) is 0 Å². The first-order chi connectivity index (χ1) is 14.5. The molecule has 0 saturated carbocycles. The van der Waals surface area contributed by atoms with Crippen molar-refractivity contribution in [1.29, 1.82) is 0 Å². The molecule has 2 aromatic rings. The smallest absolute Gasteiger partial charge is 0.341 e. The molecule has 1 N–H and O–H groups in total. The van der Waals surface area contributed by atoms with Gasteiger partial charge in [0.25, 0.3) is 0 Å². The van der Waals surface area contributed by atoms with Crippen LogP contribution in [0.3, 0.4) is 0 Å². The fourth-order valence-electron chi connectivity index (χ4n) is 3.48. The van der Waals surface area contributed by atoms with Gasteiger partial charge in [0.15, 0.2) is 5.96 Å². The molecule has 31 heavy (non-hydrogen) atoms. The first kappa shape index (κ1) is 24.7. The van der Waals surface area contributed by atoms with Crippen LogP contribution >= 0.6 is 24.0 Å². The molecular weight excluding hydrogens is 514 g/mol. The van der Waals surface area contributed by atoms with Crippen molar-refractivity contribution in [3.05, 3.63) is 59.4 Å². The van der Waals surface area contributed by atoms with Gasteiger partial charge in [0.2, 0.25) is 0 Å². The maximum absolute atomic E-state index is 13.1. The van der Waals surface area contributed by atoms with Crippen molar-refractivity contribution in [3.8, 4) is 5.75 Å². The monoisotopic (exact) mass is 542 g/mol. The van der Waals surface area contributed by atoms with E-state index >= 15 is 0 Å². The average molecular weight is 542 g/mol. The Morgan fingerprint density at radius 2 is 1.77 bits per heavy atom. The van der Waals surface area contributed by atoms with Crippen LogP contribution in [0.15, 0.2) is 47.5 Å². The van der Waals surface area contributed by atoms with Crippen LogP contribution in [-0.2, 0) is 11.3 Å². The Hall–Kier alpha value is -2.56. The van der Waals surface area contributed by atoms with Gasteiger partial charge in [-0.3, -0.25) is 4.99 Å². The third kappa shape index (κ3) is 6.22. The van der Waals surface area contributed by atoms with Gasteiger partial charge in [-0.1, -0.05) is 6.07 Å². The molecule has 2 aromatic carbocycles. The minimum atomic E-state index is -0.435. The quantitative estimate of drug-likeness (QED) is 0.271. The Morgan fingerprint density at radius 1 is 1.10 bits per heavy atom. The van der Waals surface area contributed by atoms with Gasteiger partial charge in [0, 0.05) is 45.5 Å². The number of hydrogen-bond donors (Lipinski definition) is 1. The number of esters is 1. The Morgan fingerprint density at radius 3 is 2.35 bits per heavy atom. The maximum Gasteiger partial charge on any atom is 0.341 e. The van der Waals surface area contributed by atoms with Gasteiger partial charge >= 0.3 is 5.97 Å². The van der Waals surface area contributed by atoms with E-state index < -0.39 is 5.97 Å². The standard InChI is InChI=1S/C22H27FN4O3.HI/c1-24-22(25-15-16-4-9-20(29-2)19(14-16)21(28)30-3)27-12-10-26(11-13-27)18-7-5-17(23)6-8-18;/h4-9,14H,10-13,15H2,1-3H3,(H,24,25);1H. The molecule has 1 aliphatic rings. The second-order valence-corrected chi connectivity index (χ2v) is 6.88. The summed E-state index contributed by atoms with van der Waals surface area (Å²) >= 11 is 0. The van der Waals surface area contributed by atoms with Crippen LogP contribution in [0.1, 0.15) is 15.9 Å². The van der Waals surface area contributed by atoms with E-state index in [9.17, 15) is 9.18 Å². The molecule has 0 radical (unpaired) electrons. The number of halogens is 2. The molecule has 0 aliphatic carbocycles.